The first-order chi connectivity index (χ1) is 13.5. The van der Waals surface area contributed by atoms with Gasteiger partial charge in [-0.25, -0.2) is 4.79 Å². The van der Waals surface area contributed by atoms with Crippen LogP contribution in [-0.4, -0.2) is 18.7 Å². The lowest BCUT2D eigenvalue weighted by Crippen LogP contribution is -2.14. The zero-order chi connectivity index (χ0) is 20.1. The van der Waals surface area contributed by atoms with Crippen molar-refractivity contribution in [2.24, 2.45) is 5.92 Å². The predicted octanol–water partition coefficient (Wildman–Crippen LogP) is 4.88. The van der Waals surface area contributed by atoms with Crippen molar-refractivity contribution < 1.29 is 23.8 Å². The molecule has 2 aromatic rings. The number of carbonyl (C=O) groups is 2. The van der Waals surface area contributed by atoms with Crippen LogP contribution in [0.3, 0.4) is 0 Å². The highest BCUT2D eigenvalue weighted by atomic mass is 16.7. The summed E-state index contributed by atoms with van der Waals surface area (Å²) in [5.41, 5.74) is 2.45. The van der Waals surface area contributed by atoms with Crippen molar-refractivity contribution in [2.75, 3.05) is 6.79 Å². The van der Waals surface area contributed by atoms with E-state index in [0.717, 1.165) is 29.2 Å². The fraction of sp³-hybridized carbons (Fsp3) is 0.391. The molecule has 0 aromatic heterocycles. The summed E-state index contributed by atoms with van der Waals surface area (Å²) >= 11 is 0. The summed E-state index contributed by atoms with van der Waals surface area (Å²) in [7, 11) is 0. The summed E-state index contributed by atoms with van der Waals surface area (Å²) in [6.07, 6.45) is 3.50. The fourth-order valence-electron chi connectivity index (χ4n) is 3.13. The Kier molecular flexibility index (Phi) is 6.34. The molecular weight excluding hydrogens is 356 g/mol. The van der Waals surface area contributed by atoms with Crippen LogP contribution in [0.15, 0.2) is 42.5 Å². The van der Waals surface area contributed by atoms with E-state index in [1.54, 1.807) is 24.3 Å². The largest absolute Gasteiger partial charge is 0.457 e. The third-order valence-corrected chi connectivity index (χ3v) is 4.71. The lowest BCUT2D eigenvalue weighted by molar-refractivity contribution is -0.131. The van der Waals surface area contributed by atoms with Gasteiger partial charge in [0.05, 0.1) is 0 Å². The van der Waals surface area contributed by atoms with Crippen molar-refractivity contribution >= 4 is 11.9 Å². The van der Waals surface area contributed by atoms with Crippen LogP contribution >= 0.6 is 0 Å². The topological polar surface area (TPSA) is 61.8 Å². The molecule has 0 saturated heterocycles. The predicted molar refractivity (Wildman–Crippen MR) is 106 cm³/mol. The molecule has 5 heteroatoms. The molecule has 0 aliphatic heterocycles. The van der Waals surface area contributed by atoms with Crippen LogP contribution in [0.1, 0.15) is 61.0 Å². The van der Waals surface area contributed by atoms with Gasteiger partial charge < -0.3 is 14.2 Å². The van der Waals surface area contributed by atoms with E-state index in [-0.39, 0.29) is 18.1 Å². The van der Waals surface area contributed by atoms with E-state index in [1.807, 2.05) is 6.07 Å². The molecule has 0 bridgehead atoms. The van der Waals surface area contributed by atoms with Gasteiger partial charge in [0.1, 0.15) is 17.1 Å². The second kappa shape index (κ2) is 8.91. The molecule has 1 fully saturated rings. The molecule has 0 amide bonds. The molecule has 0 spiro atoms. The Hall–Kier alpha value is -2.82. The fourth-order valence-corrected chi connectivity index (χ4v) is 3.13. The average molecular weight is 382 g/mol. The lowest BCUT2D eigenvalue weighted by atomic mass is 9.97. The third kappa shape index (κ3) is 5.12. The van der Waals surface area contributed by atoms with Gasteiger partial charge in [-0.3, -0.25) is 4.79 Å². The maximum absolute atomic E-state index is 12.4. The molecule has 0 unspecified atom stereocenters. The second-order valence-corrected chi connectivity index (χ2v) is 7.42. The first kappa shape index (κ1) is 19.9. The van der Waals surface area contributed by atoms with E-state index in [4.69, 9.17) is 14.2 Å². The number of hydrogen-bond donors (Lipinski definition) is 0. The number of rotatable bonds is 8. The molecule has 1 saturated carbocycles. The maximum atomic E-state index is 12.4. The highest BCUT2D eigenvalue weighted by Gasteiger charge is 2.24. The quantitative estimate of drug-likeness (QED) is 0.370. The summed E-state index contributed by atoms with van der Waals surface area (Å²) in [6, 6.07) is 12.7. The summed E-state index contributed by atoms with van der Waals surface area (Å²) < 4.78 is 16.3. The zero-order valence-corrected chi connectivity index (χ0v) is 16.6. The van der Waals surface area contributed by atoms with Crippen molar-refractivity contribution in [3.8, 4) is 11.5 Å². The lowest BCUT2D eigenvalue weighted by Gasteiger charge is -2.18. The minimum absolute atomic E-state index is 0.178. The molecule has 0 heterocycles. The summed E-state index contributed by atoms with van der Waals surface area (Å²) in [6.45, 7) is 5.32. The van der Waals surface area contributed by atoms with Gasteiger partial charge in [-0.05, 0) is 54.4 Å². The SMILES string of the molecule is CC(=O)Oc1ccccc1C(=O)OCOc1c(CC2CC2)cccc1C(C)C. The number of ether oxygens (including phenoxy) is 3. The maximum Gasteiger partial charge on any atom is 0.344 e. The van der Waals surface area contributed by atoms with Crippen molar-refractivity contribution in [1.82, 2.24) is 0 Å². The average Bonchev–Trinajstić information content (AvgIpc) is 3.46. The minimum Gasteiger partial charge on any atom is -0.457 e. The van der Waals surface area contributed by atoms with Gasteiger partial charge >= 0.3 is 11.9 Å². The number of hydrogen-bond acceptors (Lipinski definition) is 5. The van der Waals surface area contributed by atoms with Crippen molar-refractivity contribution in [1.29, 1.82) is 0 Å². The monoisotopic (exact) mass is 382 g/mol. The van der Waals surface area contributed by atoms with Crippen LogP contribution in [0.25, 0.3) is 0 Å². The van der Waals surface area contributed by atoms with E-state index < -0.39 is 11.9 Å². The summed E-state index contributed by atoms with van der Waals surface area (Å²) in [4.78, 5) is 23.7. The van der Waals surface area contributed by atoms with Crippen LogP contribution < -0.4 is 9.47 Å². The van der Waals surface area contributed by atoms with Crippen LogP contribution in [0.2, 0.25) is 0 Å². The van der Waals surface area contributed by atoms with Gasteiger partial charge in [0.15, 0.2) is 0 Å². The van der Waals surface area contributed by atoms with Crippen LogP contribution in [0.5, 0.6) is 11.5 Å². The molecule has 0 atom stereocenters. The van der Waals surface area contributed by atoms with Crippen LogP contribution in [0, 0.1) is 5.92 Å². The Bertz CT molecular complexity index is 852. The van der Waals surface area contributed by atoms with Gasteiger partial charge in [0, 0.05) is 6.92 Å². The van der Waals surface area contributed by atoms with E-state index in [1.165, 1.54) is 19.8 Å². The Morgan fingerprint density at radius 2 is 1.82 bits per heavy atom. The molecule has 1 aliphatic carbocycles. The smallest absolute Gasteiger partial charge is 0.344 e. The molecule has 0 radical (unpaired) electrons. The van der Waals surface area contributed by atoms with Crippen molar-refractivity contribution in [3.63, 3.8) is 0 Å². The Labute approximate surface area is 165 Å². The van der Waals surface area contributed by atoms with Gasteiger partial charge in [0.25, 0.3) is 0 Å². The second-order valence-electron chi connectivity index (χ2n) is 7.42. The van der Waals surface area contributed by atoms with Gasteiger partial charge in [-0.1, -0.05) is 44.2 Å². The Morgan fingerprint density at radius 3 is 2.50 bits per heavy atom. The van der Waals surface area contributed by atoms with Gasteiger partial charge in [0.2, 0.25) is 6.79 Å². The number of esters is 2. The van der Waals surface area contributed by atoms with E-state index in [0.29, 0.717) is 5.92 Å². The van der Waals surface area contributed by atoms with Crippen molar-refractivity contribution in [2.45, 2.75) is 46.0 Å². The Morgan fingerprint density at radius 1 is 1.07 bits per heavy atom. The third-order valence-electron chi connectivity index (χ3n) is 4.71. The number of para-hydroxylation sites is 2. The molecular formula is C23H26O5. The van der Waals surface area contributed by atoms with Crippen LogP contribution in [-0.2, 0) is 16.0 Å². The van der Waals surface area contributed by atoms with E-state index in [2.05, 4.69) is 26.0 Å². The number of benzene rings is 2. The number of carbonyl (C=O) groups excluding carboxylic acids is 2. The van der Waals surface area contributed by atoms with E-state index >= 15 is 0 Å². The highest BCUT2D eigenvalue weighted by Crippen LogP contribution is 2.38. The standard InChI is InChI=1S/C23H26O5/c1-15(2)19-9-6-7-18(13-17-11-12-17)22(19)26-14-27-23(25)20-8-4-5-10-21(20)28-16(3)24/h4-10,15,17H,11-14H2,1-3H3. The van der Waals surface area contributed by atoms with Gasteiger partial charge in [-0.15, -0.1) is 0 Å². The molecule has 3 rings (SSSR count). The molecule has 0 N–H and O–H groups in total. The molecule has 2 aromatic carbocycles. The highest BCUT2D eigenvalue weighted by molar-refractivity contribution is 5.93. The van der Waals surface area contributed by atoms with E-state index in [9.17, 15) is 9.59 Å². The summed E-state index contributed by atoms with van der Waals surface area (Å²) in [5.74, 6) is 0.926. The van der Waals surface area contributed by atoms with Gasteiger partial charge in [-0.2, -0.15) is 0 Å². The molecule has 1 aliphatic rings. The zero-order valence-electron chi connectivity index (χ0n) is 16.6. The minimum atomic E-state index is -0.595. The molecule has 148 valence electrons. The van der Waals surface area contributed by atoms with Crippen LogP contribution in [0.4, 0.5) is 0 Å². The molecule has 28 heavy (non-hydrogen) atoms. The Balaban J connectivity index is 1.69. The van der Waals surface area contributed by atoms with Crippen molar-refractivity contribution in [3.05, 3.63) is 59.2 Å². The first-order valence-corrected chi connectivity index (χ1v) is 9.65. The molecule has 5 nitrogen and oxygen atoms in total. The summed E-state index contributed by atoms with van der Waals surface area (Å²) in [5, 5.41) is 0. The normalized spacial score (nSPS) is 13.3. The first-order valence-electron chi connectivity index (χ1n) is 9.65.